The summed E-state index contributed by atoms with van der Waals surface area (Å²) in [6, 6.07) is 0. The van der Waals surface area contributed by atoms with Gasteiger partial charge in [-0.2, -0.15) is 0 Å². The van der Waals surface area contributed by atoms with Crippen molar-refractivity contribution in [2.24, 2.45) is 11.3 Å². The zero-order valence-electron chi connectivity index (χ0n) is 11.5. The highest BCUT2D eigenvalue weighted by Gasteiger charge is 2.33. The van der Waals surface area contributed by atoms with Gasteiger partial charge in [-0.05, 0) is 31.2 Å². The first kappa shape index (κ1) is 15.0. The van der Waals surface area contributed by atoms with Crippen LogP contribution >= 0.6 is 0 Å². The molecule has 0 bridgehead atoms. The minimum Gasteiger partial charge on any atom is -0.319 e. The summed E-state index contributed by atoms with van der Waals surface area (Å²) in [6.07, 6.45) is 8.08. The summed E-state index contributed by atoms with van der Waals surface area (Å²) < 4.78 is 0. The molecule has 0 aromatic heterocycles. The van der Waals surface area contributed by atoms with E-state index < -0.39 is 0 Å². The van der Waals surface area contributed by atoms with Crippen LogP contribution < -0.4 is 5.32 Å². The third-order valence-corrected chi connectivity index (χ3v) is 4.11. The van der Waals surface area contributed by atoms with Crippen molar-refractivity contribution in [2.75, 3.05) is 13.6 Å². The Morgan fingerprint density at radius 1 is 1.07 bits per heavy atom. The van der Waals surface area contributed by atoms with Crippen molar-refractivity contribution in [3.63, 3.8) is 0 Å². The zero-order chi connectivity index (χ0) is 11.7. The first-order valence-corrected chi connectivity index (χ1v) is 6.85. The summed E-state index contributed by atoms with van der Waals surface area (Å²) >= 11 is 0. The third kappa shape index (κ3) is 4.14. The molecule has 0 aliphatic carbocycles. The second kappa shape index (κ2) is 8.15. The van der Waals surface area contributed by atoms with E-state index in [4.69, 9.17) is 0 Å². The minimum atomic E-state index is 0.550. The molecule has 1 N–H and O–H groups in total. The van der Waals surface area contributed by atoms with Crippen LogP contribution in [0.4, 0.5) is 0 Å². The number of hydrogen-bond acceptors (Lipinski definition) is 1. The molecule has 0 rings (SSSR count). The van der Waals surface area contributed by atoms with Crippen LogP contribution in [-0.4, -0.2) is 13.6 Å². The monoisotopic (exact) mass is 213 g/mol. The van der Waals surface area contributed by atoms with Crippen LogP contribution in [0.25, 0.3) is 0 Å². The van der Waals surface area contributed by atoms with Crippen molar-refractivity contribution >= 4 is 0 Å². The van der Waals surface area contributed by atoms with Crippen LogP contribution in [0.15, 0.2) is 0 Å². The largest absolute Gasteiger partial charge is 0.319 e. The fraction of sp³-hybridized carbons (Fsp3) is 1.00. The SMILES string of the molecule is CCCCC(CC)(CNC)C(CC)CC. The van der Waals surface area contributed by atoms with Gasteiger partial charge in [-0.15, -0.1) is 0 Å². The van der Waals surface area contributed by atoms with E-state index in [0.717, 1.165) is 5.92 Å². The van der Waals surface area contributed by atoms with Crippen molar-refractivity contribution in [1.82, 2.24) is 5.32 Å². The number of hydrogen-bond donors (Lipinski definition) is 1. The van der Waals surface area contributed by atoms with Crippen LogP contribution in [0.5, 0.6) is 0 Å². The molecule has 0 spiro atoms. The lowest BCUT2D eigenvalue weighted by Gasteiger charge is -2.40. The summed E-state index contributed by atoms with van der Waals surface area (Å²) in [5.74, 6) is 0.890. The molecule has 0 aliphatic heterocycles. The van der Waals surface area contributed by atoms with E-state index in [1.54, 1.807) is 0 Å². The van der Waals surface area contributed by atoms with Crippen molar-refractivity contribution in [2.45, 2.75) is 66.2 Å². The van der Waals surface area contributed by atoms with Gasteiger partial charge in [0, 0.05) is 6.54 Å². The zero-order valence-corrected chi connectivity index (χ0v) is 11.5. The molecule has 0 saturated carbocycles. The Hall–Kier alpha value is -0.0400. The number of nitrogens with one attached hydrogen (secondary N) is 1. The summed E-state index contributed by atoms with van der Waals surface area (Å²) in [7, 11) is 2.10. The minimum absolute atomic E-state index is 0.550. The van der Waals surface area contributed by atoms with Crippen LogP contribution in [0.2, 0.25) is 0 Å². The highest BCUT2D eigenvalue weighted by Crippen LogP contribution is 2.40. The van der Waals surface area contributed by atoms with Crippen LogP contribution in [0.1, 0.15) is 66.2 Å². The molecule has 0 saturated heterocycles. The molecule has 1 atom stereocenters. The van der Waals surface area contributed by atoms with Gasteiger partial charge >= 0.3 is 0 Å². The van der Waals surface area contributed by atoms with Crippen LogP contribution in [0, 0.1) is 11.3 Å². The molecule has 0 aromatic rings. The van der Waals surface area contributed by atoms with Crippen LogP contribution in [0.3, 0.4) is 0 Å². The van der Waals surface area contributed by atoms with Crippen LogP contribution in [-0.2, 0) is 0 Å². The molecule has 1 nitrogen and oxygen atoms in total. The Kier molecular flexibility index (Phi) is 8.13. The molecule has 0 amide bonds. The molecule has 15 heavy (non-hydrogen) atoms. The fourth-order valence-corrected chi connectivity index (χ4v) is 3.06. The van der Waals surface area contributed by atoms with Crippen molar-refractivity contribution in [3.8, 4) is 0 Å². The summed E-state index contributed by atoms with van der Waals surface area (Å²) in [6.45, 7) is 10.5. The fourth-order valence-electron chi connectivity index (χ4n) is 3.06. The lowest BCUT2D eigenvalue weighted by Crippen LogP contribution is -2.38. The van der Waals surface area contributed by atoms with Gasteiger partial charge in [0.05, 0.1) is 0 Å². The normalized spacial score (nSPS) is 15.6. The second-order valence-electron chi connectivity index (χ2n) is 4.86. The molecule has 0 fully saturated rings. The van der Waals surface area contributed by atoms with Gasteiger partial charge in [0.1, 0.15) is 0 Å². The average molecular weight is 213 g/mol. The van der Waals surface area contributed by atoms with Gasteiger partial charge in [0.25, 0.3) is 0 Å². The van der Waals surface area contributed by atoms with E-state index in [2.05, 4.69) is 40.1 Å². The molecule has 0 radical (unpaired) electrons. The van der Waals surface area contributed by atoms with E-state index in [-0.39, 0.29) is 0 Å². The molecule has 0 aromatic carbocycles. The summed E-state index contributed by atoms with van der Waals surface area (Å²) in [5.41, 5.74) is 0.550. The van der Waals surface area contributed by atoms with Gasteiger partial charge in [0.2, 0.25) is 0 Å². The van der Waals surface area contributed by atoms with Crippen molar-refractivity contribution in [1.29, 1.82) is 0 Å². The maximum atomic E-state index is 3.42. The van der Waals surface area contributed by atoms with Gasteiger partial charge in [-0.1, -0.05) is 53.4 Å². The second-order valence-corrected chi connectivity index (χ2v) is 4.86. The Labute approximate surface area is 97.0 Å². The average Bonchev–Trinajstić information content (AvgIpc) is 2.27. The third-order valence-electron chi connectivity index (χ3n) is 4.11. The highest BCUT2D eigenvalue weighted by atomic mass is 14.8. The Balaban J connectivity index is 4.59. The van der Waals surface area contributed by atoms with Gasteiger partial charge in [0.15, 0.2) is 0 Å². The first-order valence-electron chi connectivity index (χ1n) is 6.85. The van der Waals surface area contributed by atoms with Gasteiger partial charge in [-0.25, -0.2) is 0 Å². The molecule has 92 valence electrons. The lowest BCUT2D eigenvalue weighted by molar-refractivity contribution is 0.121. The van der Waals surface area contributed by atoms with E-state index >= 15 is 0 Å². The van der Waals surface area contributed by atoms with E-state index in [1.165, 1.54) is 45.1 Å². The van der Waals surface area contributed by atoms with Gasteiger partial charge < -0.3 is 5.32 Å². The molecular weight excluding hydrogens is 182 g/mol. The molecular formula is C14H31N. The van der Waals surface area contributed by atoms with E-state index in [0.29, 0.717) is 5.41 Å². The Bertz CT molecular complexity index is 140. The predicted octanol–water partition coefficient (Wildman–Crippen LogP) is 4.23. The van der Waals surface area contributed by atoms with E-state index in [9.17, 15) is 0 Å². The van der Waals surface area contributed by atoms with Crippen molar-refractivity contribution < 1.29 is 0 Å². The lowest BCUT2D eigenvalue weighted by atomic mass is 9.67. The standard InChI is InChI=1S/C14H31N/c1-6-10-11-14(9-4,12-15-5)13(7-2)8-3/h13,15H,6-12H2,1-5H3. The first-order chi connectivity index (χ1) is 7.20. The van der Waals surface area contributed by atoms with E-state index in [1.807, 2.05) is 0 Å². The summed E-state index contributed by atoms with van der Waals surface area (Å²) in [4.78, 5) is 0. The smallest absolute Gasteiger partial charge is 0.000735 e. The maximum absolute atomic E-state index is 3.42. The molecule has 0 aliphatic rings. The Morgan fingerprint density at radius 3 is 2.00 bits per heavy atom. The van der Waals surface area contributed by atoms with Crippen molar-refractivity contribution in [3.05, 3.63) is 0 Å². The highest BCUT2D eigenvalue weighted by molar-refractivity contribution is 4.86. The quantitative estimate of drug-likeness (QED) is 0.604. The molecule has 1 heteroatoms. The topological polar surface area (TPSA) is 12.0 Å². The maximum Gasteiger partial charge on any atom is 0.000735 e. The Morgan fingerprint density at radius 2 is 1.67 bits per heavy atom. The summed E-state index contributed by atoms with van der Waals surface area (Å²) in [5, 5.41) is 3.42. The number of rotatable bonds is 9. The van der Waals surface area contributed by atoms with Gasteiger partial charge in [-0.3, -0.25) is 0 Å². The number of unbranched alkanes of at least 4 members (excludes halogenated alkanes) is 1. The molecule has 1 unspecified atom stereocenters. The predicted molar refractivity (Wildman–Crippen MR) is 70.2 cm³/mol. The molecule has 0 heterocycles.